The van der Waals surface area contributed by atoms with Gasteiger partial charge < -0.3 is 14.6 Å². The lowest BCUT2D eigenvalue weighted by Crippen LogP contribution is -2.20. The predicted molar refractivity (Wildman–Crippen MR) is 66.6 cm³/mol. The largest absolute Gasteiger partial charge is 0.478 e. The van der Waals surface area contributed by atoms with Crippen LogP contribution in [-0.2, 0) is 16.1 Å². The van der Waals surface area contributed by atoms with Crippen molar-refractivity contribution in [2.45, 2.75) is 19.4 Å². The molecule has 0 unspecified atom stereocenters. The van der Waals surface area contributed by atoms with Gasteiger partial charge in [0.1, 0.15) is 5.82 Å². The molecule has 1 fully saturated rings. The third-order valence-electron chi connectivity index (χ3n) is 3.17. The van der Waals surface area contributed by atoms with Crippen LogP contribution in [0.15, 0.2) is 18.2 Å². The molecule has 0 amide bonds. The lowest BCUT2D eigenvalue weighted by molar-refractivity contribution is 0.0157. The van der Waals surface area contributed by atoms with Gasteiger partial charge in [-0.05, 0) is 42.5 Å². The number of halogens is 1. The Morgan fingerprint density at radius 2 is 2.11 bits per heavy atom. The van der Waals surface area contributed by atoms with Crippen LogP contribution in [0.25, 0.3) is 0 Å². The van der Waals surface area contributed by atoms with E-state index < -0.39 is 11.8 Å². The van der Waals surface area contributed by atoms with Crippen LogP contribution in [0.4, 0.5) is 4.39 Å². The van der Waals surface area contributed by atoms with Gasteiger partial charge in [0, 0.05) is 13.2 Å². The molecule has 1 aliphatic rings. The minimum Gasteiger partial charge on any atom is -0.478 e. The Labute approximate surface area is 111 Å². The highest BCUT2D eigenvalue weighted by molar-refractivity contribution is 5.87. The zero-order valence-electron chi connectivity index (χ0n) is 10.6. The van der Waals surface area contributed by atoms with Crippen molar-refractivity contribution in [2.75, 3.05) is 19.8 Å². The monoisotopic (exact) mass is 268 g/mol. The summed E-state index contributed by atoms with van der Waals surface area (Å²) < 4.78 is 24.0. The van der Waals surface area contributed by atoms with E-state index in [2.05, 4.69) is 0 Å². The maximum Gasteiger partial charge on any atom is 0.335 e. The molecular formula is C14H17FO4. The van der Waals surface area contributed by atoms with Crippen molar-refractivity contribution in [2.24, 2.45) is 5.92 Å². The Balaban J connectivity index is 1.86. The molecular weight excluding hydrogens is 251 g/mol. The Hall–Kier alpha value is -1.46. The zero-order chi connectivity index (χ0) is 13.7. The van der Waals surface area contributed by atoms with Crippen LogP contribution in [0, 0.1) is 11.7 Å². The van der Waals surface area contributed by atoms with Gasteiger partial charge in [0.2, 0.25) is 0 Å². The number of aromatic carboxylic acids is 1. The van der Waals surface area contributed by atoms with Gasteiger partial charge in [-0.1, -0.05) is 0 Å². The first-order chi connectivity index (χ1) is 9.15. The minimum atomic E-state index is -1.13. The predicted octanol–water partition coefficient (Wildman–Crippen LogP) is 2.47. The molecule has 1 heterocycles. The summed E-state index contributed by atoms with van der Waals surface area (Å²) in [4.78, 5) is 10.8. The molecule has 4 nitrogen and oxygen atoms in total. The number of carboxylic acid groups (broad SMARTS) is 1. The molecule has 0 bridgehead atoms. The average molecular weight is 268 g/mol. The highest BCUT2D eigenvalue weighted by Crippen LogP contribution is 2.16. The summed E-state index contributed by atoms with van der Waals surface area (Å²) in [5.41, 5.74) is 0.495. The number of benzene rings is 1. The maximum atomic E-state index is 13.2. The highest BCUT2D eigenvalue weighted by Gasteiger charge is 2.14. The number of carboxylic acids is 1. The Morgan fingerprint density at radius 1 is 1.37 bits per heavy atom. The van der Waals surface area contributed by atoms with E-state index in [4.69, 9.17) is 14.6 Å². The molecule has 1 aromatic carbocycles. The summed E-state index contributed by atoms with van der Waals surface area (Å²) in [7, 11) is 0. The smallest absolute Gasteiger partial charge is 0.335 e. The van der Waals surface area contributed by atoms with Gasteiger partial charge in [0.05, 0.1) is 18.8 Å². The van der Waals surface area contributed by atoms with E-state index in [1.807, 2.05) is 0 Å². The molecule has 1 aliphatic heterocycles. The summed E-state index contributed by atoms with van der Waals surface area (Å²) in [6.45, 7) is 2.35. The summed E-state index contributed by atoms with van der Waals surface area (Å²) in [5, 5.41) is 8.84. The number of rotatable bonds is 5. The summed E-state index contributed by atoms with van der Waals surface area (Å²) in [5.74, 6) is -1.21. The van der Waals surface area contributed by atoms with Crippen molar-refractivity contribution in [1.82, 2.24) is 0 Å². The van der Waals surface area contributed by atoms with Crippen molar-refractivity contribution in [1.29, 1.82) is 0 Å². The van der Waals surface area contributed by atoms with Crippen LogP contribution in [0.3, 0.4) is 0 Å². The van der Waals surface area contributed by atoms with E-state index in [1.54, 1.807) is 0 Å². The molecule has 0 aromatic heterocycles. The molecule has 5 heteroatoms. The average Bonchev–Trinajstić information content (AvgIpc) is 2.39. The van der Waals surface area contributed by atoms with Gasteiger partial charge in [-0.2, -0.15) is 0 Å². The second-order valence-electron chi connectivity index (χ2n) is 4.72. The van der Waals surface area contributed by atoms with E-state index in [-0.39, 0.29) is 12.2 Å². The number of ether oxygens (including phenoxy) is 2. The van der Waals surface area contributed by atoms with Crippen molar-refractivity contribution in [3.05, 3.63) is 35.1 Å². The third-order valence-corrected chi connectivity index (χ3v) is 3.17. The fourth-order valence-corrected chi connectivity index (χ4v) is 2.11. The van der Waals surface area contributed by atoms with E-state index in [0.29, 0.717) is 18.1 Å². The van der Waals surface area contributed by atoms with E-state index in [9.17, 15) is 9.18 Å². The fourth-order valence-electron chi connectivity index (χ4n) is 2.11. The lowest BCUT2D eigenvalue weighted by Gasteiger charge is -2.21. The van der Waals surface area contributed by atoms with Crippen LogP contribution < -0.4 is 0 Å². The number of hydrogen-bond donors (Lipinski definition) is 1. The Kier molecular flexibility index (Phi) is 4.87. The van der Waals surface area contributed by atoms with Crippen LogP contribution in [0.5, 0.6) is 0 Å². The summed E-state index contributed by atoms with van der Waals surface area (Å²) in [6.07, 6.45) is 1.95. The Bertz CT molecular complexity index is 441. The van der Waals surface area contributed by atoms with E-state index in [1.165, 1.54) is 12.1 Å². The molecule has 1 N–H and O–H groups in total. The molecule has 0 saturated carbocycles. The van der Waals surface area contributed by atoms with Crippen LogP contribution in [-0.4, -0.2) is 30.9 Å². The van der Waals surface area contributed by atoms with Crippen LogP contribution in [0.2, 0.25) is 0 Å². The van der Waals surface area contributed by atoms with E-state index in [0.717, 1.165) is 32.1 Å². The van der Waals surface area contributed by atoms with Gasteiger partial charge >= 0.3 is 5.97 Å². The maximum absolute atomic E-state index is 13.2. The normalized spacial score (nSPS) is 16.5. The number of carbonyl (C=O) groups is 1. The minimum absolute atomic E-state index is 0.0512. The Morgan fingerprint density at radius 3 is 2.79 bits per heavy atom. The number of hydrogen-bond acceptors (Lipinski definition) is 3. The SMILES string of the molecule is O=C(O)c1cc(F)cc(COCC2CCOCC2)c1. The quantitative estimate of drug-likeness (QED) is 0.891. The molecule has 0 radical (unpaired) electrons. The van der Waals surface area contributed by atoms with Gasteiger partial charge in [0.15, 0.2) is 0 Å². The summed E-state index contributed by atoms with van der Waals surface area (Å²) >= 11 is 0. The zero-order valence-corrected chi connectivity index (χ0v) is 10.6. The standard InChI is InChI=1S/C14H17FO4/c15-13-6-11(5-12(7-13)14(16)17)9-19-8-10-1-3-18-4-2-10/h5-7,10H,1-4,8-9H2,(H,16,17). The second kappa shape index (κ2) is 6.63. The molecule has 19 heavy (non-hydrogen) atoms. The molecule has 0 spiro atoms. The second-order valence-corrected chi connectivity index (χ2v) is 4.72. The molecule has 0 atom stereocenters. The van der Waals surface area contributed by atoms with Gasteiger partial charge in [-0.3, -0.25) is 0 Å². The molecule has 1 aromatic rings. The third kappa shape index (κ3) is 4.29. The van der Waals surface area contributed by atoms with Crippen LogP contribution in [0.1, 0.15) is 28.8 Å². The first kappa shape index (κ1) is 14.0. The van der Waals surface area contributed by atoms with Crippen molar-refractivity contribution < 1.29 is 23.8 Å². The molecule has 0 aliphatic carbocycles. The molecule has 1 saturated heterocycles. The first-order valence-corrected chi connectivity index (χ1v) is 6.33. The molecule has 2 rings (SSSR count). The van der Waals surface area contributed by atoms with Crippen molar-refractivity contribution in [3.63, 3.8) is 0 Å². The van der Waals surface area contributed by atoms with E-state index >= 15 is 0 Å². The highest BCUT2D eigenvalue weighted by atomic mass is 19.1. The van der Waals surface area contributed by atoms with Crippen molar-refractivity contribution in [3.8, 4) is 0 Å². The molecule has 104 valence electrons. The topological polar surface area (TPSA) is 55.8 Å². The van der Waals surface area contributed by atoms with Gasteiger partial charge in [0.25, 0.3) is 0 Å². The first-order valence-electron chi connectivity index (χ1n) is 6.33. The summed E-state index contributed by atoms with van der Waals surface area (Å²) in [6, 6.07) is 3.75. The lowest BCUT2D eigenvalue weighted by atomic mass is 10.0. The van der Waals surface area contributed by atoms with Gasteiger partial charge in [-0.25, -0.2) is 9.18 Å². The fraction of sp³-hybridized carbons (Fsp3) is 0.500. The van der Waals surface area contributed by atoms with Gasteiger partial charge in [-0.15, -0.1) is 0 Å². The van der Waals surface area contributed by atoms with Crippen molar-refractivity contribution >= 4 is 5.97 Å². The van der Waals surface area contributed by atoms with Crippen LogP contribution >= 0.6 is 0 Å².